The van der Waals surface area contributed by atoms with Gasteiger partial charge >= 0.3 is 5.97 Å². The average Bonchev–Trinajstić information content (AvgIpc) is 2.41. The van der Waals surface area contributed by atoms with Crippen LogP contribution in [0.2, 0.25) is 0 Å². The predicted molar refractivity (Wildman–Crippen MR) is 60.9 cm³/mol. The van der Waals surface area contributed by atoms with Gasteiger partial charge in [-0.15, -0.1) is 0 Å². The molecule has 0 fully saturated rings. The van der Waals surface area contributed by atoms with Crippen molar-refractivity contribution in [2.24, 2.45) is 0 Å². The van der Waals surface area contributed by atoms with Crippen molar-refractivity contribution < 1.29 is 18.3 Å². The molecule has 1 aromatic carbocycles. The lowest BCUT2D eigenvalue weighted by molar-refractivity contribution is 0.0601. The van der Waals surface area contributed by atoms with Gasteiger partial charge in [0.05, 0.1) is 12.7 Å². The average molecular weight is 249 g/mol. The summed E-state index contributed by atoms with van der Waals surface area (Å²) < 4.78 is 30.3. The Morgan fingerprint density at radius 2 is 1.83 bits per heavy atom. The zero-order chi connectivity index (χ0) is 13.1. The number of rotatable bonds is 2. The number of benzene rings is 1. The van der Waals surface area contributed by atoms with Crippen molar-refractivity contribution in [2.45, 2.75) is 0 Å². The second kappa shape index (κ2) is 4.91. The summed E-state index contributed by atoms with van der Waals surface area (Å²) in [5.41, 5.74) is 1.45. The van der Waals surface area contributed by atoms with Crippen molar-refractivity contribution in [2.75, 3.05) is 7.11 Å². The number of hydrogen-bond donors (Lipinski definition) is 0. The van der Waals surface area contributed by atoms with Gasteiger partial charge in [0.1, 0.15) is 0 Å². The fourth-order valence-electron chi connectivity index (χ4n) is 1.50. The molecule has 92 valence electrons. The normalized spacial score (nSPS) is 10.2. The number of nitrogens with zero attached hydrogens (tertiary/aromatic N) is 1. The zero-order valence-electron chi connectivity index (χ0n) is 9.48. The highest BCUT2D eigenvalue weighted by Crippen LogP contribution is 2.20. The van der Waals surface area contributed by atoms with Gasteiger partial charge in [-0.05, 0) is 23.8 Å². The van der Waals surface area contributed by atoms with Crippen LogP contribution in [0.4, 0.5) is 8.78 Å². The molecule has 2 aromatic rings. The maximum atomic E-state index is 13.0. The third-order valence-corrected chi connectivity index (χ3v) is 2.44. The Bertz CT molecular complexity index is 582. The van der Waals surface area contributed by atoms with Crippen LogP contribution in [0.15, 0.2) is 36.5 Å². The van der Waals surface area contributed by atoms with Crippen LogP contribution in [0, 0.1) is 11.8 Å². The Kier molecular flexibility index (Phi) is 3.32. The van der Waals surface area contributed by atoms with Crippen molar-refractivity contribution in [3.05, 3.63) is 53.9 Å². The maximum absolute atomic E-state index is 13.0. The highest BCUT2D eigenvalue weighted by Gasteiger charge is 2.08. The molecular weight excluding hydrogens is 240 g/mol. The SMILES string of the molecule is COC(=O)c1ccc(-c2cnc(F)c(F)c2)cc1. The molecule has 3 nitrogen and oxygen atoms in total. The molecule has 0 spiro atoms. The van der Waals surface area contributed by atoms with Crippen LogP contribution in [0.5, 0.6) is 0 Å². The van der Waals surface area contributed by atoms with E-state index in [9.17, 15) is 13.6 Å². The number of aromatic nitrogens is 1. The summed E-state index contributed by atoms with van der Waals surface area (Å²) in [6.45, 7) is 0. The highest BCUT2D eigenvalue weighted by atomic mass is 19.2. The van der Waals surface area contributed by atoms with Crippen molar-refractivity contribution in [1.29, 1.82) is 0 Å². The molecule has 1 aromatic heterocycles. The second-order valence-corrected chi connectivity index (χ2v) is 3.57. The van der Waals surface area contributed by atoms with E-state index in [-0.39, 0.29) is 0 Å². The molecular formula is C13H9F2NO2. The number of pyridine rings is 1. The van der Waals surface area contributed by atoms with E-state index in [0.717, 1.165) is 6.07 Å². The number of carbonyl (C=O) groups is 1. The van der Waals surface area contributed by atoms with Gasteiger partial charge in [-0.3, -0.25) is 0 Å². The number of esters is 1. The van der Waals surface area contributed by atoms with Crippen LogP contribution in [0.25, 0.3) is 11.1 Å². The molecule has 0 N–H and O–H groups in total. The highest BCUT2D eigenvalue weighted by molar-refractivity contribution is 5.89. The Labute approximate surface area is 102 Å². The number of hydrogen-bond acceptors (Lipinski definition) is 3. The summed E-state index contributed by atoms with van der Waals surface area (Å²) in [5, 5.41) is 0. The van der Waals surface area contributed by atoms with Gasteiger partial charge in [-0.2, -0.15) is 4.39 Å². The predicted octanol–water partition coefficient (Wildman–Crippen LogP) is 2.81. The molecule has 0 amide bonds. The molecule has 5 heteroatoms. The van der Waals surface area contributed by atoms with Crippen molar-refractivity contribution in [1.82, 2.24) is 4.98 Å². The summed E-state index contributed by atoms with van der Waals surface area (Å²) in [5.74, 6) is -2.60. The molecule has 0 aliphatic carbocycles. The van der Waals surface area contributed by atoms with Gasteiger partial charge in [0.2, 0.25) is 5.95 Å². The minimum atomic E-state index is -1.13. The molecule has 18 heavy (non-hydrogen) atoms. The first-order chi connectivity index (χ1) is 8.61. The summed E-state index contributed by atoms with van der Waals surface area (Å²) in [7, 11) is 1.29. The first kappa shape index (κ1) is 12.2. The fourth-order valence-corrected chi connectivity index (χ4v) is 1.50. The molecule has 0 saturated heterocycles. The Morgan fingerprint density at radius 3 is 2.39 bits per heavy atom. The van der Waals surface area contributed by atoms with E-state index in [1.165, 1.54) is 13.3 Å². The second-order valence-electron chi connectivity index (χ2n) is 3.57. The van der Waals surface area contributed by atoms with Crippen LogP contribution < -0.4 is 0 Å². The number of ether oxygens (including phenoxy) is 1. The molecule has 0 bridgehead atoms. The number of carbonyl (C=O) groups excluding carboxylic acids is 1. The Balaban J connectivity index is 2.34. The van der Waals surface area contributed by atoms with E-state index in [4.69, 9.17) is 0 Å². The van der Waals surface area contributed by atoms with Crippen molar-refractivity contribution in [3.8, 4) is 11.1 Å². The van der Waals surface area contributed by atoms with E-state index >= 15 is 0 Å². The first-order valence-electron chi connectivity index (χ1n) is 5.11. The summed E-state index contributed by atoms with van der Waals surface area (Å²) in [4.78, 5) is 14.5. The molecule has 0 aliphatic heterocycles. The Morgan fingerprint density at radius 1 is 1.17 bits per heavy atom. The van der Waals surface area contributed by atoms with Crippen molar-refractivity contribution in [3.63, 3.8) is 0 Å². The molecule has 0 unspecified atom stereocenters. The maximum Gasteiger partial charge on any atom is 0.337 e. The first-order valence-corrected chi connectivity index (χ1v) is 5.11. The smallest absolute Gasteiger partial charge is 0.337 e. The third kappa shape index (κ3) is 2.34. The minimum absolute atomic E-state index is 0.386. The molecule has 1 heterocycles. The number of methoxy groups -OCH3 is 1. The van der Waals surface area contributed by atoms with Crippen LogP contribution in [0.3, 0.4) is 0 Å². The molecule has 2 rings (SSSR count). The van der Waals surface area contributed by atoms with E-state index < -0.39 is 17.7 Å². The molecule has 0 atom stereocenters. The van der Waals surface area contributed by atoms with Gasteiger partial charge in [-0.1, -0.05) is 12.1 Å². The third-order valence-electron chi connectivity index (χ3n) is 2.44. The zero-order valence-corrected chi connectivity index (χ0v) is 9.48. The standard InChI is InChI=1S/C13H9F2NO2/c1-18-13(17)9-4-2-8(3-5-9)10-6-11(14)12(15)16-7-10/h2-7H,1H3. The van der Waals surface area contributed by atoms with Gasteiger partial charge in [0, 0.05) is 11.8 Å². The fraction of sp³-hybridized carbons (Fsp3) is 0.0769. The lowest BCUT2D eigenvalue weighted by Crippen LogP contribution is -2.00. The minimum Gasteiger partial charge on any atom is -0.465 e. The van der Waals surface area contributed by atoms with Crippen LogP contribution >= 0.6 is 0 Å². The summed E-state index contributed by atoms with van der Waals surface area (Å²) >= 11 is 0. The van der Waals surface area contributed by atoms with Gasteiger partial charge in [0.15, 0.2) is 5.82 Å². The largest absolute Gasteiger partial charge is 0.465 e. The quantitative estimate of drug-likeness (QED) is 0.607. The molecule has 0 radical (unpaired) electrons. The van der Waals surface area contributed by atoms with E-state index in [1.54, 1.807) is 24.3 Å². The summed E-state index contributed by atoms with van der Waals surface area (Å²) in [6, 6.07) is 7.36. The topological polar surface area (TPSA) is 39.2 Å². The summed E-state index contributed by atoms with van der Waals surface area (Å²) in [6.07, 6.45) is 1.23. The van der Waals surface area contributed by atoms with Gasteiger partial charge in [0.25, 0.3) is 0 Å². The van der Waals surface area contributed by atoms with E-state index in [1.807, 2.05) is 0 Å². The van der Waals surface area contributed by atoms with Crippen molar-refractivity contribution >= 4 is 5.97 Å². The van der Waals surface area contributed by atoms with Crippen LogP contribution in [-0.4, -0.2) is 18.1 Å². The monoisotopic (exact) mass is 249 g/mol. The Hall–Kier alpha value is -2.30. The van der Waals surface area contributed by atoms with Gasteiger partial charge < -0.3 is 4.74 Å². The van der Waals surface area contributed by atoms with Crippen LogP contribution in [0.1, 0.15) is 10.4 Å². The lowest BCUT2D eigenvalue weighted by Gasteiger charge is -2.03. The van der Waals surface area contributed by atoms with E-state index in [0.29, 0.717) is 16.7 Å². The van der Waals surface area contributed by atoms with Gasteiger partial charge in [-0.25, -0.2) is 14.2 Å². The number of halogens is 2. The van der Waals surface area contributed by atoms with E-state index in [2.05, 4.69) is 9.72 Å². The molecule has 0 saturated carbocycles. The molecule has 0 aliphatic rings. The van der Waals surface area contributed by atoms with Crippen LogP contribution in [-0.2, 0) is 4.74 Å². The lowest BCUT2D eigenvalue weighted by atomic mass is 10.1.